The molecule has 0 unspecified atom stereocenters. The molecule has 0 amide bonds. The van der Waals surface area contributed by atoms with Crippen LogP contribution in [0.5, 0.6) is 0 Å². The fraction of sp³-hybridized carbons (Fsp3) is 0.211. The van der Waals surface area contributed by atoms with Crippen LogP contribution in [0.1, 0.15) is 18.1 Å². The summed E-state index contributed by atoms with van der Waals surface area (Å²) in [6, 6.07) is 16.9. The summed E-state index contributed by atoms with van der Waals surface area (Å²) in [4.78, 5) is 11.2. The Balaban J connectivity index is 2.12. The normalized spacial score (nSPS) is 11.3. The van der Waals surface area contributed by atoms with Gasteiger partial charge in [0.1, 0.15) is 0 Å². The molecular formula is C19H20O2. The Morgan fingerprint density at radius 1 is 1.10 bits per heavy atom. The van der Waals surface area contributed by atoms with E-state index in [4.69, 9.17) is 0 Å². The van der Waals surface area contributed by atoms with Crippen molar-refractivity contribution in [1.82, 2.24) is 0 Å². The summed E-state index contributed by atoms with van der Waals surface area (Å²) in [5, 5.41) is 0. The van der Waals surface area contributed by atoms with Crippen molar-refractivity contribution in [3.05, 3.63) is 71.3 Å². The van der Waals surface area contributed by atoms with E-state index in [9.17, 15) is 4.79 Å². The summed E-state index contributed by atoms with van der Waals surface area (Å²) >= 11 is 0. The smallest absolute Gasteiger partial charge is 0.330 e. The Kier molecular flexibility index (Phi) is 4.94. The highest BCUT2D eigenvalue weighted by Crippen LogP contribution is 2.21. The van der Waals surface area contributed by atoms with Gasteiger partial charge in [0.05, 0.1) is 7.11 Å². The van der Waals surface area contributed by atoms with E-state index >= 15 is 0 Å². The van der Waals surface area contributed by atoms with E-state index in [2.05, 4.69) is 60.2 Å². The summed E-state index contributed by atoms with van der Waals surface area (Å²) in [7, 11) is 1.39. The molecule has 2 aromatic rings. The van der Waals surface area contributed by atoms with Crippen LogP contribution < -0.4 is 0 Å². The zero-order valence-electron chi connectivity index (χ0n) is 12.7. The first kappa shape index (κ1) is 15.0. The van der Waals surface area contributed by atoms with Crippen molar-refractivity contribution in [3.8, 4) is 11.1 Å². The van der Waals surface area contributed by atoms with Crippen LogP contribution in [0.15, 0.2) is 60.2 Å². The van der Waals surface area contributed by atoms with E-state index in [0.29, 0.717) is 0 Å². The van der Waals surface area contributed by atoms with Crippen LogP contribution in [-0.4, -0.2) is 13.1 Å². The van der Waals surface area contributed by atoms with Crippen LogP contribution in [0, 0.1) is 6.92 Å². The number of hydrogen-bond acceptors (Lipinski definition) is 2. The number of aryl methyl sites for hydroxylation is 1. The maximum Gasteiger partial charge on any atom is 0.330 e. The van der Waals surface area contributed by atoms with Crippen molar-refractivity contribution in [3.63, 3.8) is 0 Å². The average Bonchev–Trinajstić information content (AvgIpc) is 2.47. The van der Waals surface area contributed by atoms with E-state index in [1.807, 2.05) is 6.92 Å². The molecule has 0 atom stereocenters. The first-order valence-corrected chi connectivity index (χ1v) is 6.99. The molecule has 2 aromatic carbocycles. The Bertz CT molecular complexity index is 652. The molecule has 0 N–H and O–H groups in total. The maximum atomic E-state index is 11.2. The quantitative estimate of drug-likeness (QED) is 0.615. The highest BCUT2D eigenvalue weighted by atomic mass is 16.5. The third-order valence-electron chi connectivity index (χ3n) is 3.35. The minimum atomic E-state index is -0.302. The lowest BCUT2D eigenvalue weighted by atomic mass is 10.00. The fourth-order valence-electron chi connectivity index (χ4n) is 2.27. The number of hydrogen-bond donors (Lipinski definition) is 0. The molecule has 21 heavy (non-hydrogen) atoms. The zero-order valence-corrected chi connectivity index (χ0v) is 12.7. The van der Waals surface area contributed by atoms with Gasteiger partial charge in [-0.2, -0.15) is 0 Å². The second kappa shape index (κ2) is 6.89. The Hall–Kier alpha value is -2.35. The molecule has 0 heterocycles. The molecular weight excluding hydrogens is 260 g/mol. The fourth-order valence-corrected chi connectivity index (χ4v) is 2.27. The van der Waals surface area contributed by atoms with Crippen molar-refractivity contribution in [1.29, 1.82) is 0 Å². The molecule has 0 aliphatic carbocycles. The number of methoxy groups -OCH3 is 1. The summed E-state index contributed by atoms with van der Waals surface area (Å²) < 4.78 is 4.63. The molecule has 0 bridgehead atoms. The van der Waals surface area contributed by atoms with Gasteiger partial charge >= 0.3 is 5.97 Å². The highest BCUT2D eigenvalue weighted by Gasteiger charge is 2.01. The highest BCUT2D eigenvalue weighted by molar-refractivity contribution is 5.82. The van der Waals surface area contributed by atoms with E-state index in [0.717, 1.165) is 12.0 Å². The summed E-state index contributed by atoms with van der Waals surface area (Å²) in [5.41, 5.74) is 5.86. The van der Waals surface area contributed by atoms with Gasteiger partial charge in [-0.25, -0.2) is 4.79 Å². The maximum absolute atomic E-state index is 11.2. The van der Waals surface area contributed by atoms with Crippen molar-refractivity contribution in [2.45, 2.75) is 20.3 Å². The van der Waals surface area contributed by atoms with Crippen LogP contribution in [-0.2, 0) is 16.0 Å². The van der Waals surface area contributed by atoms with E-state index < -0.39 is 0 Å². The molecule has 108 valence electrons. The SMILES string of the molecule is COC(=O)/C=C(\C)Cc1ccc(-c2cccc(C)c2)cc1. The van der Waals surface area contributed by atoms with Gasteiger partial charge in [0, 0.05) is 6.08 Å². The molecule has 0 spiro atoms. The predicted octanol–water partition coefficient (Wildman–Crippen LogP) is 4.32. The second-order valence-electron chi connectivity index (χ2n) is 5.26. The molecule has 2 rings (SSSR count). The van der Waals surface area contributed by atoms with Gasteiger partial charge in [0.2, 0.25) is 0 Å². The van der Waals surface area contributed by atoms with Crippen LogP contribution in [0.3, 0.4) is 0 Å². The number of rotatable bonds is 4. The molecule has 0 fully saturated rings. The number of carbonyl (C=O) groups excluding carboxylic acids is 1. The number of carbonyl (C=O) groups is 1. The van der Waals surface area contributed by atoms with E-state index in [1.54, 1.807) is 0 Å². The van der Waals surface area contributed by atoms with Crippen molar-refractivity contribution < 1.29 is 9.53 Å². The van der Waals surface area contributed by atoms with Gasteiger partial charge in [-0.05, 0) is 37.0 Å². The zero-order chi connectivity index (χ0) is 15.2. The predicted molar refractivity (Wildman–Crippen MR) is 86.1 cm³/mol. The van der Waals surface area contributed by atoms with E-state index in [-0.39, 0.29) is 5.97 Å². The third-order valence-corrected chi connectivity index (χ3v) is 3.35. The summed E-state index contributed by atoms with van der Waals surface area (Å²) in [6.45, 7) is 4.03. The molecule has 0 radical (unpaired) electrons. The van der Waals surface area contributed by atoms with Crippen LogP contribution in [0.25, 0.3) is 11.1 Å². The minimum Gasteiger partial charge on any atom is -0.466 e. The first-order valence-electron chi connectivity index (χ1n) is 6.99. The van der Waals surface area contributed by atoms with Gasteiger partial charge in [0.25, 0.3) is 0 Å². The monoisotopic (exact) mass is 280 g/mol. The third kappa shape index (κ3) is 4.32. The number of esters is 1. The van der Waals surface area contributed by atoms with Gasteiger partial charge in [-0.15, -0.1) is 0 Å². The van der Waals surface area contributed by atoms with Crippen molar-refractivity contribution >= 4 is 5.97 Å². The second-order valence-corrected chi connectivity index (χ2v) is 5.26. The minimum absolute atomic E-state index is 0.302. The molecule has 0 saturated carbocycles. The van der Waals surface area contributed by atoms with Crippen LogP contribution in [0.2, 0.25) is 0 Å². The summed E-state index contributed by atoms with van der Waals surface area (Å²) in [6.07, 6.45) is 2.29. The first-order chi connectivity index (χ1) is 10.1. The molecule has 2 nitrogen and oxygen atoms in total. The lowest BCUT2D eigenvalue weighted by Crippen LogP contribution is -1.97. The molecule has 2 heteroatoms. The van der Waals surface area contributed by atoms with Crippen molar-refractivity contribution in [2.24, 2.45) is 0 Å². The Labute approximate surface area is 126 Å². The Morgan fingerprint density at radius 2 is 1.81 bits per heavy atom. The lowest BCUT2D eigenvalue weighted by molar-refractivity contribution is -0.134. The molecule has 0 aromatic heterocycles. The average molecular weight is 280 g/mol. The number of benzene rings is 2. The topological polar surface area (TPSA) is 26.3 Å². The standard InChI is InChI=1S/C19H20O2/c1-14-5-4-6-18(12-14)17-9-7-16(8-10-17)11-15(2)13-19(20)21-3/h4-10,12-13H,11H2,1-3H3/b15-13+. The number of allylic oxidation sites excluding steroid dienone is 1. The van der Waals surface area contributed by atoms with Gasteiger partial charge in [-0.1, -0.05) is 59.7 Å². The van der Waals surface area contributed by atoms with Gasteiger partial charge < -0.3 is 4.74 Å². The molecule has 0 saturated heterocycles. The Morgan fingerprint density at radius 3 is 2.43 bits per heavy atom. The largest absolute Gasteiger partial charge is 0.466 e. The lowest BCUT2D eigenvalue weighted by Gasteiger charge is -2.06. The van der Waals surface area contributed by atoms with E-state index in [1.165, 1.54) is 35.4 Å². The number of ether oxygens (including phenoxy) is 1. The van der Waals surface area contributed by atoms with Gasteiger partial charge in [0.15, 0.2) is 0 Å². The summed E-state index contributed by atoms with van der Waals surface area (Å²) in [5.74, 6) is -0.302. The van der Waals surface area contributed by atoms with Crippen molar-refractivity contribution in [2.75, 3.05) is 7.11 Å². The van der Waals surface area contributed by atoms with Crippen LogP contribution >= 0.6 is 0 Å². The molecule has 0 aliphatic heterocycles. The van der Waals surface area contributed by atoms with Gasteiger partial charge in [-0.3, -0.25) is 0 Å². The molecule has 0 aliphatic rings. The van der Waals surface area contributed by atoms with Crippen LogP contribution in [0.4, 0.5) is 0 Å².